The largest absolute Gasteiger partial charge is 0.350 e. The van der Waals surface area contributed by atoms with Crippen LogP contribution >= 0.6 is 46.4 Å². The third-order valence-electron chi connectivity index (χ3n) is 3.55. The maximum Gasteiger partial charge on any atom is 0.279 e. The molecule has 3 rings (SSSR count). The Balaban J connectivity index is 1.81. The summed E-state index contributed by atoms with van der Waals surface area (Å²) in [7, 11) is 0. The average Bonchev–Trinajstić information content (AvgIpc) is 2.78. The van der Waals surface area contributed by atoms with Gasteiger partial charge in [-0.15, -0.1) is 0 Å². The molecule has 4 nitrogen and oxygen atoms in total. The van der Waals surface area contributed by atoms with Crippen molar-refractivity contribution in [2.24, 2.45) is 0 Å². The van der Waals surface area contributed by atoms with Gasteiger partial charge in [-0.1, -0.05) is 58.5 Å². The minimum Gasteiger partial charge on any atom is -0.350 e. The zero-order valence-electron chi connectivity index (χ0n) is 12.5. The summed E-state index contributed by atoms with van der Waals surface area (Å²) in [6, 6.07) is 11.6. The Morgan fingerprint density at radius 1 is 0.840 bits per heavy atom. The van der Waals surface area contributed by atoms with Crippen LogP contribution in [0.15, 0.2) is 53.2 Å². The van der Waals surface area contributed by atoms with Gasteiger partial charge in [0.25, 0.3) is 11.8 Å². The summed E-state index contributed by atoms with van der Waals surface area (Å²) < 4.78 is 0. The Morgan fingerprint density at radius 2 is 1.52 bits per heavy atom. The van der Waals surface area contributed by atoms with E-state index in [1.54, 1.807) is 42.5 Å². The van der Waals surface area contributed by atoms with Crippen LogP contribution in [0.1, 0.15) is 5.56 Å². The number of nitrogens with one attached hydrogen (secondary N) is 1. The van der Waals surface area contributed by atoms with E-state index < -0.39 is 11.8 Å². The maximum absolute atomic E-state index is 12.6. The second-order valence-corrected chi connectivity index (χ2v) is 6.89. The molecule has 0 aromatic heterocycles. The Bertz CT molecular complexity index is 894. The first-order chi connectivity index (χ1) is 11.9. The van der Waals surface area contributed by atoms with Gasteiger partial charge in [-0.3, -0.25) is 14.5 Å². The molecule has 25 heavy (non-hydrogen) atoms. The van der Waals surface area contributed by atoms with Gasteiger partial charge in [0.1, 0.15) is 10.7 Å². The second-order valence-electron chi connectivity index (χ2n) is 5.27. The number of amides is 2. The Labute approximate surface area is 163 Å². The fourth-order valence-corrected chi connectivity index (χ4v) is 2.94. The van der Waals surface area contributed by atoms with Crippen molar-refractivity contribution < 1.29 is 9.59 Å². The molecule has 128 valence electrons. The van der Waals surface area contributed by atoms with Crippen LogP contribution < -0.4 is 5.32 Å². The lowest BCUT2D eigenvalue weighted by molar-refractivity contribution is -0.138. The van der Waals surface area contributed by atoms with Crippen LogP contribution in [0.3, 0.4) is 0 Å². The van der Waals surface area contributed by atoms with E-state index in [9.17, 15) is 9.59 Å². The molecule has 2 amide bonds. The molecule has 1 N–H and O–H groups in total. The SMILES string of the molecule is O=C1C(Cl)=C(Nc2ccc(Cl)c(Cl)c2)C(=O)N1Cc1ccc(Cl)cc1. The number of nitrogens with zero attached hydrogens (tertiary/aromatic N) is 1. The van der Waals surface area contributed by atoms with Gasteiger partial charge in [0.2, 0.25) is 0 Å². The Hall–Kier alpha value is -1.72. The van der Waals surface area contributed by atoms with Gasteiger partial charge in [0, 0.05) is 10.7 Å². The Kier molecular flexibility index (Phi) is 5.25. The third kappa shape index (κ3) is 3.77. The fourth-order valence-electron chi connectivity index (χ4n) is 2.29. The number of rotatable bonds is 4. The minimum atomic E-state index is -0.566. The number of hydrogen-bond donors (Lipinski definition) is 1. The number of halogens is 4. The monoisotopic (exact) mass is 414 g/mol. The molecular formula is C17H10Cl4N2O2. The number of anilines is 1. The highest BCUT2D eigenvalue weighted by Gasteiger charge is 2.37. The molecule has 0 aliphatic carbocycles. The molecule has 1 aliphatic rings. The van der Waals surface area contributed by atoms with Gasteiger partial charge < -0.3 is 5.32 Å². The van der Waals surface area contributed by atoms with E-state index in [0.717, 1.165) is 10.5 Å². The molecule has 2 aromatic carbocycles. The lowest BCUT2D eigenvalue weighted by Crippen LogP contribution is -2.31. The van der Waals surface area contributed by atoms with Crippen molar-refractivity contribution in [3.63, 3.8) is 0 Å². The van der Waals surface area contributed by atoms with Crippen molar-refractivity contribution in [1.29, 1.82) is 0 Å². The van der Waals surface area contributed by atoms with Crippen molar-refractivity contribution >= 4 is 63.9 Å². The first kappa shape index (κ1) is 18.1. The quantitative estimate of drug-likeness (QED) is 0.708. The standard InChI is InChI=1S/C17H10Cl4N2O2/c18-10-3-1-9(2-4-10)8-23-16(24)14(21)15(17(23)25)22-11-5-6-12(19)13(20)7-11/h1-7,22H,8H2. The van der Waals surface area contributed by atoms with Crippen molar-refractivity contribution in [3.05, 3.63) is 73.8 Å². The van der Waals surface area contributed by atoms with Gasteiger partial charge in [-0.05, 0) is 35.9 Å². The van der Waals surface area contributed by atoms with Crippen LogP contribution in [0, 0.1) is 0 Å². The molecule has 1 heterocycles. The van der Waals surface area contributed by atoms with Crippen molar-refractivity contribution in [1.82, 2.24) is 4.90 Å². The fraction of sp³-hybridized carbons (Fsp3) is 0.0588. The summed E-state index contributed by atoms with van der Waals surface area (Å²) in [6.07, 6.45) is 0. The highest BCUT2D eigenvalue weighted by Crippen LogP contribution is 2.30. The number of carbonyl (C=O) groups is 2. The number of benzene rings is 2. The van der Waals surface area contributed by atoms with E-state index in [-0.39, 0.29) is 17.3 Å². The van der Waals surface area contributed by atoms with Crippen LogP contribution in [0.4, 0.5) is 5.69 Å². The van der Waals surface area contributed by atoms with E-state index in [0.29, 0.717) is 20.8 Å². The average molecular weight is 416 g/mol. The van der Waals surface area contributed by atoms with Gasteiger partial charge >= 0.3 is 0 Å². The van der Waals surface area contributed by atoms with Crippen LogP contribution in [0.5, 0.6) is 0 Å². The Morgan fingerprint density at radius 3 is 2.16 bits per heavy atom. The van der Waals surface area contributed by atoms with E-state index in [4.69, 9.17) is 46.4 Å². The number of carbonyl (C=O) groups excluding carboxylic acids is 2. The maximum atomic E-state index is 12.6. The van der Waals surface area contributed by atoms with Gasteiger partial charge in [-0.25, -0.2) is 0 Å². The third-order valence-corrected chi connectivity index (χ3v) is 4.90. The van der Waals surface area contributed by atoms with Crippen molar-refractivity contribution in [3.8, 4) is 0 Å². The smallest absolute Gasteiger partial charge is 0.279 e. The molecule has 0 radical (unpaired) electrons. The molecule has 0 bridgehead atoms. The molecule has 1 aliphatic heterocycles. The summed E-state index contributed by atoms with van der Waals surface area (Å²) in [6.45, 7) is 0.0949. The molecule has 0 saturated heterocycles. The first-order valence-electron chi connectivity index (χ1n) is 7.09. The van der Waals surface area contributed by atoms with E-state index in [1.807, 2.05) is 0 Å². The summed E-state index contributed by atoms with van der Waals surface area (Å²) in [5.41, 5.74) is 1.25. The highest BCUT2D eigenvalue weighted by atomic mass is 35.5. The van der Waals surface area contributed by atoms with E-state index >= 15 is 0 Å². The van der Waals surface area contributed by atoms with Crippen LogP contribution in [0.25, 0.3) is 0 Å². The predicted octanol–water partition coefficient (Wildman–Crippen LogP) is 5.08. The van der Waals surface area contributed by atoms with Crippen LogP contribution in [-0.4, -0.2) is 16.7 Å². The zero-order chi connectivity index (χ0) is 18.1. The van der Waals surface area contributed by atoms with Crippen LogP contribution in [-0.2, 0) is 16.1 Å². The molecule has 0 spiro atoms. The zero-order valence-corrected chi connectivity index (χ0v) is 15.5. The molecule has 0 fully saturated rings. The summed E-state index contributed by atoms with van der Waals surface area (Å²) in [5, 5.41) is 3.93. The van der Waals surface area contributed by atoms with Crippen molar-refractivity contribution in [2.75, 3.05) is 5.32 Å². The number of hydrogen-bond acceptors (Lipinski definition) is 3. The normalized spacial score (nSPS) is 14.5. The van der Waals surface area contributed by atoms with E-state index in [1.165, 1.54) is 0 Å². The first-order valence-corrected chi connectivity index (χ1v) is 8.60. The topological polar surface area (TPSA) is 49.4 Å². The molecule has 8 heteroatoms. The predicted molar refractivity (Wildman–Crippen MR) is 100.0 cm³/mol. The molecule has 0 atom stereocenters. The lowest BCUT2D eigenvalue weighted by Gasteiger charge is -2.15. The van der Waals surface area contributed by atoms with Crippen molar-refractivity contribution in [2.45, 2.75) is 6.54 Å². The minimum absolute atomic E-state index is 0.000908. The molecular weight excluding hydrogens is 406 g/mol. The second kappa shape index (κ2) is 7.26. The summed E-state index contributed by atoms with van der Waals surface area (Å²) >= 11 is 23.7. The van der Waals surface area contributed by atoms with Crippen LogP contribution in [0.2, 0.25) is 15.1 Å². The molecule has 2 aromatic rings. The van der Waals surface area contributed by atoms with Gasteiger partial charge in [0.15, 0.2) is 0 Å². The summed E-state index contributed by atoms with van der Waals surface area (Å²) in [4.78, 5) is 25.9. The lowest BCUT2D eigenvalue weighted by atomic mass is 10.2. The highest BCUT2D eigenvalue weighted by molar-refractivity contribution is 6.48. The number of imide groups is 1. The van der Waals surface area contributed by atoms with E-state index in [2.05, 4.69) is 5.32 Å². The molecule has 0 saturated carbocycles. The van der Waals surface area contributed by atoms with Gasteiger partial charge in [-0.2, -0.15) is 0 Å². The van der Waals surface area contributed by atoms with Gasteiger partial charge in [0.05, 0.1) is 16.6 Å². The molecule has 0 unspecified atom stereocenters. The summed E-state index contributed by atoms with van der Waals surface area (Å²) in [5.74, 6) is -1.08.